The van der Waals surface area contributed by atoms with Crippen LogP contribution in [0.1, 0.15) is 49.5 Å². The van der Waals surface area contributed by atoms with E-state index in [0.717, 1.165) is 18.4 Å². The first-order valence-corrected chi connectivity index (χ1v) is 12.6. The highest BCUT2D eigenvalue weighted by Gasteiger charge is 2.31. The molecule has 0 aliphatic carbocycles. The maximum absolute atomic E-state index is 12.9. The van der Waals surface area contributed by atoms with Crippen LogP contribution in [0.3, 0.4) is 0 Å². The third kappa shape index (κ3) is 6.13. The Balaban J connectivity index is 1.72. The molecule has 1 aliphatic rings. The summed E-state index contributed by atoms with van der Waals surface area (Å²) in [4.78, 5) is 27.1. The zero-order chi connectivity index (χ0) is 24.2. The first-order valence-electron chi connectivity index (χ1n) is 10.8. The van der Waals surface area contributed by atoms with Crippen LogP contribution in [-0.2, 0) is 26.1 Å². The number of amides is 1. The highest BCUT2D eigenvalue weighted by atomic mass is 35.5. The zero-order valence-corrected chi connectivity index (χ0v) is 20.7. The van der Waals surface area contributed by atoms with Crippen LogP contribution in [0.15, 0.2) is 53.4 Å². The molecule has 1 saturated heterocycles. The summed E-state index contributed by atoms with van der Waals surface area (Å²) in [6.45, 7) is 6.48. The van der Waals surface area contributed by atoms with Crippen LogP contribution in [0.4, 0.5) is 0 Å². The molecule has 0 spiro atoms. The van der Waals surface area contributed by atoms with E-state index in [1.54, 1.807) is 4.90 Å². The second kappa shape index (κ2) is 10.2. The summed E-state index contributed by atoms with van der Waals surface area (Å²) in [6.07, 6.45) is 1.57. The van der Waals surface area contributed by atoms with Crippen LogP contribution in [0.5, 0.6) is 0 Å². The largest absolute Gasteiger partial charge is 0.452 e. The summed E-state index contributed by atoms with van der Waals surface area (Å²) in [5, 5.41) is 0.0382. The van der Waals surface area contributed by atoms with E-state index in [4.69, 9.17) is 16.3 Å². The van der Waals surface area contributed by atoms with Crippen LogP contribution in [0.25, 0.3) is 0 Å². The number of benzene rings is 2. The van der Waals surface area contributed by atoms with Crippen molar-refractivity contribution in [3.63, 3.8) is 0 Å². The summed E-state index contributed by atoms with van der Waals surface area (Å²) in [5.41, 5.74) is 0.494. The van der Waals surface area contributed by atoms with Gasteiger partial charge in [0.05, 0.1) is 10.6 Å². The number of sulfonamides is 1. The van der Waals surface area contributed by atoms with Gasteiger partial charge in [0.2, 0.25) is 10.0 Å². The zero-order valence-electron chi connectivity index (χ0n) is 19.1. The van der Waals surface area contributed by atoms with Gasteiger partial charge in [-0.15, -0.1) is 0 Å². The molecule has 3 rings (SSSR count). The number of carbonyl (C=O) groups excluding carboxylic acids is 2. The lowest BCUT2D eigenvalue weighted by molar-refractivity contribution is -0.140. The molecule has 7 nitrogen and oxygen atoms in total. The molecule has 1 amide bonds. The van der Waals surface area contributed by atoms with Crippen molar-refractivity contribution in [1.82, 2.24) is 9.21 Å². The molecule has 0 aromatic heterocycles. The van der Waals surface area contributed by atoms with Gasteiger partial charge in [-0.1, -0.05) is 41.9 Å². The fraction of sp³-hybridized carbons (Fsp3) is 0.417. The Labute approximate surface area is 200 Å². The number of hydrogen-bond acceptors (Lipinski definition) is 5. The average molecular weight is 493 g/mol. The Bertz CT molecular complexity index is 1110. The minimum atomic E-state index is -3.81. The Kier molecular flexibility index (Phi) is 7.82. The molecule has 1 aliphatic heterocycles. The number of carbonyl (C=O) groups is 2. The van der Waals surface area contributed by atoms with E-state index in [-0.39, 0.29) is 21.4 Å². The third-order valence-corrected chi connectivity index (χ3v) is 7.85. The summed E-state index contributed by atoms with van der Waals surface area (Å²) in [5.74, 6) is -1.13. The van der Waals surface area contributed by atoms with Crippen LogP contribution >= 0.6 is 11.6 Å². The van der Waals surface area contributed by atoms with Crippen LogP contribution in [-0.4, -0.2) is 54.7 Å². The fourth-order valence-corrected chi connectivity index (χ4v) is 5.67. The number of halogens is 1. The molecule has 0 radical (unpaired) electrons. The Hall–Kier alpha value is -2.42. The van der Waals surface area contributed by atoms with Crippen LogP contribution < -0.4 is 0 Å². The van der Waals surface area contributed by atoms with E-state index in [1.165, 1.54) is 22.5 Å². The number of ether oxygens (including phenoxy) is 1. The predicted octanol–water partition coefficient (Wildman–Crippen LogP) is 4.11. The third-order valence-electron chi connectivity index (χ3n) is 5.47. The standard InChI is InChI=1S/C24H29ClN2O5S/c1-24(2,3)27(16-18-9-5-4-6-10-18)22(28)17-32-23(29)19-11-12-20(25)21(15-19)33(30,31)26-13-7-8-14-26/h4-6,9-12,15H,7-8,13-14,16-17H2,1-3H3. The summed E-state index contributed by atoms with van der Waals surface area (Å²) in [7, 11) is -3.81. The monoisotopic (exact) mass is 492 g/mol. The van der Waals surface area contributed by atoms with Gasteiger partial charge in [0.15, 0.2) is 6.61 Å². The molecule has 2 aromatic rings. The Morgan fingerprint density at radius 1 is 1.06 bits per heavy atom. The molecule has 0 unspecified atom stereocenters. The maximum atomic E-state index is 12.9. The molecule has 178 valence electrons. The molecular formula is C24H29ClN2O5S. The van der Waals surface area contributed by atoms with E-state index in [0.29, 0.717) is 19.6 Å². The minimum absolute atomic E-state index is 0.0235. The SMILES string of the molecule is CC(C)(C)N(Cc1ccccc1)C(=O)COC(=O)c1ccc(Cl)c(S(=O)(=O)N2CCCC2)c1. The number of rotatable bonds is 7. The van der Waals surface area contributed by atoms with Gasteiger partial charge >= 0.3 is 5.97 Å². The number of esters is 1. The van der Waals surface area contributed by atoms with Gasteiger partial charge in [-0.2, -0.15) is 4.31 Å². The van der Waals surface area contributed by atoms with Crippen molar-refractivity contribution in [2.24, 2.45) is 0 Å². The molecule has 0 bridgehead atoms. The normalized spacial score (nSPS) is 14.8. The van der Waals surface area contributed by atoms with E-state index in [1.807, 2.05) is 51.1 Å². The van der Waals surface area contributed by atoms with E-state index in [2.05, 4.69) is 0 Å². The Morgan fingerprint density at radius 3 is 2.30 bits per heavy atom. The lowest BCUT2D eigenvalue weighted by Crippen LogP contribution is -2.46. The van der Waals surface area contributed by atoms with Crippen molar-refractivity contribution in [3.8, 4) is 0 Å². The smallest absolute Gasteiger partial charge is 0.338 e. The summed E-state index contributed by atoms with van der Waals surface area (Å²) < 4.78 is 32.4. The first-order chi connectivity index (χ1) is 15.5. The van der Waals surface area contributed by atoms with Crippen molar-refractivity contribution >= 4 is 33.5 Å². The van der Waals surface area contributed by atoms with Crippen molar-refractivity contribution in [2.75, 3.05) is 19.7 Å². The van der Waals surface area contributed by atoms with Gasteiger partial charge in [-0.05, 0) is 57.4 Å². The minimum Gasteiger partial charge on any atom is -0.452 e. The van der Waals surface area contributed by atoms with Gasteiger partial charge < -0.3 is 9.64 Å². The topological polar surface area (TPSA) is 84.0 Å². The van der Waals surface area contributed by atoms with Crippen molar-refractivity contribution in [1.29, 1.82) is 0 Å². The van der Waals surface area contributed by atoms with Gasteiger partial charge in [0.1, 0.15) is 4.90 Å². The van der Waals surface area contributed by atoms with E-state index in [9.17, 15) is 18.0 Å². The number of nitrogens with zero attached hydrogens (tertiary/aromatic N) is 2. The number of hydrogen-bond donors (Lipinski definition) is 0. The van der Waals surface area contributed by atoms with Gasteiger partial charge in [0.25, 0.3) is 5.91 Å². The quantitative estimate of drug-likeness (QED) is 0.543. The second-order valence-corrected chi connectivity index (χ2v) is 11.3. The molecule has 0 N–H and O–H groups in total. The van der Waals surface area contributed by atoms with Gasteiger partial charge in [-0.3, -0.25) is 4.79 Å². The van der Waals surface area contributed by atoms with Crippen molar-refractivity contribution in [2.45, 2.75) is 50.6 Å². The average Bonchev–Trinajstić information content (AvgIpc) is 3.31. The fourth-order valence-electron chi connectivity index (χ4n) is 3.65. The first kappa shape index (κ1) is 25.2. The summed E-state index contributed by atoms with van der Waals surface area (Å²) in [6, 6.07) is 13.5. The van der Waals surface area contributed by atoms with Gasteiger partial charge in [0, 0.05) is 25.2 Å². The van der Waals surface area contributed by atoms with Crippen molar-refractivity contribution in [3.05, 3.63) is 64.7 Å². The predicted molar refractivity (Wildman–Crippen MR) is 126 cm³/mol. The molecular weight excluding hydrogens is 464 g/mol. The molecule has 9 heteroatoms. The molecule has 33 heavy (non-hydrogen) atoms. The molecule has 1 heterocycles. The molecule has 0 atom stereocenters. The van der Waals surface area contributed by atoms with Gasteiger partial charge in [-0.25, -0.2) is 13.2 Å². The highest BCUT2D eigenvalue weighted by molar-refractivity contribution is 7.89. The summed E-state index contributed by atoms with van der Waals surface area (Å²) >= 11 is 6.14. The molecule has 2 aromatic carbocycles. The highest BCUT2D eigenvalue weighted by Crippen LogP contribution is 2.28. The maximum Gasteiger partial charge on any atom is 0.338 e. The van der Waals surface area contributed by atoms with E-state index >= 15 is 0 Å². The lowest BCUT2D eigenvalue weighted by Gasteiger charge is -2.35. The molecule has 1 fully saturated rings. The van der Waals surface area contributed by atoms with Crippen LogP contribution in [0, 0.1) is 0 Å². The van der Waals surface area contributed by atoms with Crippen molar-refractivity contribution < 1.29 is 22.7 Å². The van der Waals surface area contributed by atoms with Crippen LogP contribution in [0.2, 0.25) is 5.02 Å². The Morgan fingerprint density at radius 2 is 1.70 bits per heavy atom. The molecule has 0 saturated carbocycles. The van der Waals surface area contributed by atoms with E-state index < -0.39 is 28.1 Å². The second-order valence-electron chi connectivity index (χ2n) is 8.97. The lowest BCUT2D eigenvalue weighted by atomic mass is 10.0.